The second-order valence-electron chi connectivity index (χ2n) is 6.53. The average Bonchev–Trinajstić information content (AvgIpc) is 2.66. The van der Waals surface area contributed by atoms with E-state index >= 15 is 0 Å². The van der Waals surface area contributed by atoms with Crippen molar-refractivity contribution in [1.82, 2.24) is 5.32 Å². The number of fused-ring (bicyclic) bond motifs is 1. The lowest BCUT2D eigenvalue weighted by Gasteiger charge is -2.37. The van der Waals surface area contributed by atoms with Gasteiger partial charge in [-0.1, -0.05) is 36.4 Å². The number of carbonyl (C=O) groups is 1. The molecule has 4 rings (SSSR count). The number of amides is 1. The molecule has 0 radical (unpaired) electrons. The predicted molar refractivity (Wildman–Crippen MR) is 106 cm³/mol. The minimum atomic E-state index is -0.472. The standard InChI is InChI=1S/C20H23N3O2.ClH/c1-15-20(24)23(14-16-6-3-2-4-7-16)18-9-5-8-17(19(18)25-15)22-12-10-21-11-13-22;/h2-9,15,21H,10-14H2,1H3;1H/t15-;/m0./s1. The number of anilines is 2. The summed E-state index contributed by atoms with van der Waals surface area (Å²) in [7, 11) is 0. The highest BCUT2D eigenvalue weighted by molar-refractivity contribution is 6.01. The first-order valence-electron chi connectivity index (χ1n) is 8.84. The maximum atomic E-state index is 12.8. The summed E-state index contributed by atoms with van der Waals surface area (Å²) in [6, 6.07) is 16.2. The molecule has 0 aliphatic carbocycles. The highest BCUT2D eigenvalue weighted by atomic mass is 35.5. The van der Waals surface area contributed by atoms with Crippen molar-refractivity contribution >= 4 is 29.7 Å². The van der Waals surface area contributed by atoms with Crippen LogP contribution in [0.5, 0.6) is 5.75 Å². The summed E-state index contributed by atoms with van der Waals surface area (Å²) in [5.74, 6) is 0.834. The molecule has 2 heterocycles. The summed E-state index contributed by atoms with van der Waals surface area (Å²) in [4.78, 5) is 16.9. The zero-order valence-electron chi connectivity index (χ0n) is 14.9. The van der Waals surface area contributed by atoms with Crippen LogP contribution in [0.2, 0.25) is 0 Å². The maximum absolute atomic E-state index is 12.8. The number of nitrogens with one attached hydrogen (secondary N) is 1. The molecule has 0 saturated carbocycles. The number of hydrogen-bond donors (Lipinski definition) is 1. The van der Waals surface area contributed by atoms with Crippen LogP contribution in [0, 0.1) is 0 Å². The summed E-state index contributed by atoms with van der Waals surface area (Å²) < 4.78 is 6.04. The molecule has 0 bridgehead atoms. The molecule has 6 heteroatoms. The predicted octanol–water partition coefficient (Wildman–Crippen LogP) is 2.83. The van der Waals surface area contributed by atoms with Crippen LogP contribution >= 0.6 is 12.4 Å². The first-order valence-corrected chi connectivity index (χ1v) is 8.84. The zero-order chi connectivity index (χ0) is 17.2. The van der Waals surface area contributed by atoms with E-state index in [-0.39, 0.29) is 18.3 Å². The van der Waals surface area contributed by atoms with E-state index in [0.717, 1.165) is 48.9 Å². The topological polar surface area (TPSA) is 44.8 Å². The van der Waals surface area contributed by atoms with Gasteiger partial charge in [0.05, 0.1) is 17.9 Å². The fraction of sp³-hybridized carbons (Fsp3) is 0.350. The summed E-state index contributed by atoms with van der Waals surface area (Å²) in [6.45, 7) is 6.21. The first-order chi connectivity index (χ1) is 12.2. The number of halogens is 1. The van der Waals surface area contributed by atoms with Gasteiger partial charge in [-0.15, -0.1) is 12.4 Å². The Morgan fingerprint density at radius 3 is 2.46 bits per heavy atom. The monoisotopic (exact) mass is 373 g/mol. The lowest BCUT2D eigenvalue weighted by Crippen LogP contribution is -2.46. The van der Waals surface area contributed by atoms with E-state index in [0.29, 0.717) is 6.54 Å². The molecule has 1 N–H and O–H groups in total. The maximum Gasteiger partial charge on any atom is 0.268 e. The Balaban J connectivity index is 0.00000196. The Bertz CT molecular complexity index is 763. The highest BCUT2D eigenvalue weighted by Gasteiger charge is 2.34. The van der Waals surface area contributed by atoms with Gasteiger partial charge in [0.2, 0.25) is 0 Å². The van der Waals surface area contributed by atoms with Crippen LogP contribution in [-0.4, -0.2) is 38.2 Å². The largest absolute Gasteiger partial charge is 0.476 e. The summed E-state index contributed by atoms with van der Waals surface area (Å²) in [5.41, 5.74) is 3.06. The summed E-state index contributed by atoms with van der Waals surface area (Å²) in [6.07, 6.45) is -0.472. The highest BCUT2D eigenvalue weighted by Crippen LogP contribution is 2.42. The fourth-order valence-electron chi connectivity index (χ4n) is 3.50. The molecule has 26 heavy (non-hydrogen) atoms. The van der Waals surface area contributed by atoms with E-state index in [2.05, 4.69) is 16.3 Å². The number of benzene rings is 2. The van der Waals surface area contributed by atoms with Gasteiger partial charge in [-0.3, -0.25) is 4.79 Å². The molecular weight excluding hydrogens is 350 g/mol. The average molecular weight is 374 g/mol. The van der Waals surface area contributed by atoms with Crippen molar-refractivity contribution in [2.75, 3.05) is 36.0 Å². The third-order valence-electron chi connectivity index (χ3n) is 4.81. The van der Waals surface area contributed by atoms with Crippen molar-refractivity contribution in [1.29, 1.82) is 0 Å². The van der Waals surface area contributed by atoms with Crippen molar-refractivity contribution in [3.05, 3.63) is 54.1 Å². The number of hydrogen-bond acceptors (Lipinski definition) is 4. The molecule has 2 aliphatic rings. The van der Waals surface area contributed by atoms with Gasteiger partial charge in [-0.05, 0) is 24.6 Å². The molecule has 2 aromatic rings. The van der Waals surface area contributed by atoms with Gasteiger partial charge in [0.1, 0.15) is 0 Å². The van der Waals surface area contributed by atoms with E-state index in [9.17, 15) is 4.79 Å². The number of para-hydroxylation sites is 1. The number of carbonyl (C=O) groups excluding carboxylic acids is 1. The van der Waals surface area contributed by atoms with Crippen molar-refractivity contribution in [3.63, 3.8) is 0 Å². The van der Waals surface area contributed by atoms with Crippen LogP contribution in [0.4, 0.5) is 11.4 Å². The minimum Gasteiger partial charge on any atom is -0.476 e. The van der Waals surface area contributed by atoms with E-state index < -0.39 is 6.10 Å². The van der Waals surface area contributed by atoms with Crippen LogP contribution in [0.15, 0.2) is 48.5 Å². The lowest BCUT2D eigenvalue weighted by molar-refractivity contribution is -0.125. The van der Waals surface area contributed by atoms with Crippen LogP contribution in [0.1, 0.15) is 12.5 Å². The van der Waals surface area contributed by atoms with Gasteiger partial charge in [0.15, 0.2) is 11.9 Å². The molecule has 0 aromatic heterocycles. The second kappa shape index (κ2) is 7.98. The van der Waals surface area contributed by atoms with Crippen molar-refractivity contribution < 1.29 is 9.53 Å². The van der Waals surface area contributed by atoms with Crippen molar-refractivity contribution in [2.24, 2.45) is 0 Å². The van der Waals surface area contributed by atoms with Crippen LogP contribution in [0.25, 0.3) is 0 Å². The molecule has 0 spiro atoms. The van der Waals surface area contributed by atoms with E-state index in [1.165, 1.54) is 0 Å². The van der Waals surface area contributed by atoms with Crippen molar-refractivity contribution in [2.45, 2.75) is 19.6 Å². The SMILES string of the molecule is C[C@@H]1Oc2c(N3CCNCC3)cccc2N(Cc2ccccc2)C1=O.Cl. The molecule has 1 amide bonds. The van der Waals surface area contributed by atoms with Crippen LogP contribution in [0.3, 0.4) is 0 Å². The van der Waals surface area contributed by atoms with Gasteiger partial charge < -0.3 is 19.9 Å². The Hall–Kier alpha value is -2.24. The smallest absolute Gasteiger partial charge is 0.268 e. The van der Waals surface area contributed by atoms with Gasteiger partial charge >= 0.3 is 0 Å². The number of ether oxygens (including phenoxy) is 1. The van der Waals surface area contributed by atoms with E-state index in [4.69, 9.17) is 4.74 Å². The van der Waals surface area contributed by atoms with Crippen LogP contribution < -0.4 is 19.9 Å². The first kappa shape index (κ1) is 18.5. The van der Waals surface area contributed by atoms with Crippen molar-refractivity contribution in [3.8, 4) is 5.75 Å². The molecule has 138 valence electrons. The minimum absolute atomic E-state index is 0. The fourth-order valence-corrected chi connectivity index (χ4v) is 3.50. The quantitative estimate of drug-likeness (QED) is 0.898. The number of nitrogens with zero attached hydrogens (tertiary/aromatic N) is 2. The molecule has 1 saturated heterocycles. The number of rotatable bonds is 3. The van der Waals surface area contributed by atoms with Crippen LogP contribution in [-0.2, 0) is 11.3 Å². The summed E-state index contributed by atoms with van der Waals surface area (Å²) >= 11 is 0. The van der Waals surface area contributed by atoms with E-state index in [1.807, 2.05) is 54.3 Å². The Morgan fingerprint density at radius 1 is 1.04 bits per heavy atom. The molecule has 1 fully saturated rings. The molecule has 5 nitrogen and oxygen atoms in total. The molecule has 2 aliphatic heterocycles. The Morgan fingerprint density at radius 2 is 1.73 bits per heavy atom. The second-order valence-corrected chi connectivity index (χ2v) is 6.53. The third kappa shape index (κ3) is 3.50. The molecule has 0 unspecified atom stereocenters. The third-order valence-corrected chi connectivity index (χ3v) is 4.81. The Labute approximate surface area is 160 Å². The van der Waals surface area contributed by atoms with E-state index in [1.54, 1.807) is 0 Å². The van der Waals surface area contributed by atoms with Gasteiger partial charge in [0, 0.05) is 26.2 Å². The zero-order valence-corrected chi connectivity index (χ0v) is 15.7. The van der Waals surface area contributed by atoms with Gasteiger partial charge in [-0.2, -0.15) is 0 Å². The molecular formula is C20H24ClN3O2. The normalized spacial score (nSPS) is 19.4. The Kier molecular flexibility index (Phi) is 5.69. The van der Waals surface area contributed by atoms with Gasteiger partial charge in [-0.25, -0.2) is 0 Å². The molecule has 1 atom stereocenters. The summed E-state index contributed by atoms with van der Waals surface area (Å²) in [5, 5.41) is 3.37. The molecule has 2 aromatic carbocycles. The lowest BCUT2D eigenvalue weighted by atomic mass is 10.1. The van der Waals surface area contributed by atoms with Gasteiger partial charge in [0.25, 0.3) is 5.91 Å². The number of piperazine rings is 1.